The summed E-state index contributed by atoms with van der Waals surface area (Å²) >= 11 is 0. The van der Waals surface area contributed by atoms with Crippen molar-refractivity contribution in [2.45, 2.75) is 39.3 Å². The molecule has 1 aromatic rings. The Balaban J connectivity index is 2.21. The minimum atomic E-state index is 0.532. The van der Waals surface area contributed by atoms with Gasteiger partial charge in [-0.25, -0.2) is 0 Å². The van der Waals surface area contributed by atoms with E-state index in [-0.39, 0.29) is 0 Å². The van der Waals surface area contributed by atoms with Crippen LogP contribution >= 0.6 is 0 Å². The van der Waals surface area contributed by atoms with E-state index in [9.17, 15) is 0 Å². The van der Waals surface area contributed by atoms with E-state index >= 15 is 0 Å². The summed E-state index contributed by atoms with van der Waals surface area (Å²) < 4.78 is 2.13. The lowest BCUT2D eigenvalue weighted by atomic mass is 10.1. The highest BCUT2D eigenvalue weighted by Gasteiger charge is 2.27. The molecule has 1 aliphatic heterocycles. The molecular formula is C12H22N4. The van der Waals surface area contributed by atoms with E-state index in [1.54, 1.807) is 0 Å². The van der Waals surface area contributed by atoms with Crippen LogP contribution in [0.15, 0.2) is 6.07 Å². The van der Waals surface area contributed by atoms with Crippen LogP contribution in [0.4, 0.5) is 0 Å². The van der Waals surface area contributed by atoms with Gasteiger partial charge in [-0.2, -0.15) is 5.10 Å². The molecule has 90 valence electrons. The molecule has 16 heavy (non-hydrogen) atoms. The maximum atomic E-state index is 5.66. The molecule has 2 heterocycles. The molecule has 4 nitrogen and oxygen atoms in total. The van der Waals surface area contributed by atoms with Crippen molar-refractivity contribution < 1.29 is 0 Å². The summed E-state index contributed by atoms with van der Waals surface area (Å²) in [5.74, 6) is 0. The molecule has 0 aliphatic carbocycles. The molecule has 2 N–H and O–H groups in total. The van der Waals surface area contributed by atoms with Crippen molar-refractivity contribution in [1.82, 2.24) is 14.7 Å². The summed E-state index contributed by atoms with van der Waals surface area (Å²) in [4.78, 5) is 2.49. The van der Waals surface area contributed by atoms with E-state index < -0.39 is 0 Å². The Morgan fingerprint density at radius 3 is 3.06 bits per heavy atom. The van der Waals surface area contributed by atoms with Crippen LogP contribution in [0, 0.1) is 6.92 Å². The SMILES string of the molecule is CCn1nc(C)cc1C1CCCN1CCN. The van der Waals surface area contributed by atoms with Crippen LogP contribution in [-0.2, 0) is 6.54 Å². The fourth-order valence-corrected chi connectivity index (χ4v) is 2.68. The predicted molar refractivity (Wildman–Crippen MR) is 65.2 cm³/mol. The van der Waals surface area contributed by atoms with Crippen LogP contribution in [0.25, 0.3) is 0 Å². The van der Waals surface area contributed by atoms with Gasteiger partial charge in [-0.05, 0) is 39.3 Å². The smallest absolute Gasteiger partial charge is 0.0597 e. The van der Waals surface area contributed by atoms with Gasteiger partial charge in [0, 0.05) is 19.6 Å². The largest absolute Gasteiger partial charge is 0.329 e. The average Bonchev–Trinajstić information content (AvgIpc) is 2.84. The van der Waals surface area contributed by atoms with Gasteiger partial charge in [0.25, 0.3) is 0 Å². The number of nitrogens with zero attached hydrogens (tertiary/aromatic N) is 3. The molecule has 4 heteroatoms. The summed E-state index contributed by atoms with van der Waals surface area (Å²) in [7, 11) is 0. The van der Waals surface area contributed by atoms with Gasteiger partial charge in [0.2, 0.25) is 0 Å². The predicted octanol–water partition coefficient (Wildman–Crippen LogP) is 1.31. The number of aryl methyl sites for hydroxylation is 2. The molecule has 0 aromatic carbocycles. The van der Waals surface area contributed by atoms with Crippen molar-refractivity contribution in [1.29, 1.82) is 0 Å². The Morgan fingerprint density at radius 2 is 2.38 bits per heavy atom. The van der Waals surface area contributed by atoms with E-state index in [0.717, 1.165) is 25.3 Å². The van der Waals surface area contributed by atoms with Crippen molar-refractivity contribution >= 4 is 0 Å². The van der Waals surface area contributed by atoms with Crippen LogP contribution in [0.3, 0.4) is 0 Å². The standard InChI is InChI=1S/C12H22N4/c1-3-16-12(9-10(2)14-16)11-5-4-7-15(11)8-6-13/h9,11H,3-8,13H2,1-2H3. The van der Waals surface area contributed by atoms with E-state index in [0.29, 0.717) is 6.04 Å². The first-order valence-electron chi connectivity index (χ1n) is 6.24. The zero-order chi connectivity index (χ0) is 11.5. The monoisotopic (exact) mass is 222 g/mol. The van der Waals surface area contributed by atoms with Gasteiger partial charge >= 0.3 is 0 Å². The summed E-state index contributed by atoms with van der Waals surface area (Å²) in [6, 6.07) is 2.76. The van der Waals surface area contributed by atoms with Gasteiger partial charge in [-0.1, -0.05) is 0 Å². The van der Waals surface area contributed by atoms with E-state index in [4.69, 9.17) is 5.73 Å². The first kappa shape index (κ1) is 11.6. The van der Waals surface area contributed by atoms with Crippen molar-refractivity contribution in [2.24, 2.45) is 5.73 Å². The number of likely N-dealkylation sites (tertiary alicyclic amines) is 1. The third kappa shape index (κ3) is 2.13. The topological polar surface area (TPSA) is 47.1 Å². The van der Waals surface area contributed by atoms with E-state index in [1.807, 2.05) is 0 Å². The molecule has 0 amide bonds. The van der Waals surface area contributed by atoms with Crippen molar-refractivity contribution in [3.8, 4) is 0 Å². The number of rotatable bonds is 4. The number of hydrogen-bond donors (Lipinski definition) is 1. The summed E-state index contributed by atoms with van der Waals surface area (Å²) in [6.45, 7) is 8.09. The minimum absolute atomic E-state index is 0.532. The van der Waals surface area contributed by atoms with Gasteiger partial charge in [0.15, 0.2) is 0 Å². The second-order valence-corrected chi connectivity index (χ2v) is 4.51. The van der Waals surface area contributed by atoms with Crippen LogP contribution in [0.5, 0.6) is 0 Å². The molecule has 0 spiro atoms. The Kier molecular flexibility index (Phi) is 3.61. The van der Waals surface area contributed by atoms with Crippen molar-refractivity contribution in [3.05, 3.63) is 17.5 Å². The van der Waals surface area contributed by atoms with Gasteiger partial charge < -0.3 is 5.73 Å². The van der Waals surface area contributed by atoms with Crippen LogP contribution in [0.2, 0.25) is 0 Å². The van der Waals surface area contributed by atoms with Crippen LogP contribution < -0.4 is 5.73 Å². The third-order valence-corrected chi connectivity index (χ3v) is 3.35. The van der Waals surface area contributed by atoms with E-state index in [1.165, 1.54) is 25.1 Å². The lowest BCUT2D eigenvalue weighted by molar-refractivity contribution is 0.253. The number of nitrogens with two attached hydrogens (primary N) is 1. The Labute approximate surface area is 97.4 Å². The van der Waals surface area contributed by atoms with Gasteiger partial charge in [0.1, 0.15) is 0 Å². The normalized spacial score (nSPS) is 21.8. The molecular weight excluding hydrogens is 200 g/mol. The second-order valence-electron chi connectivity index (χ2n) is 4.51. The Morgan fingerprint density at radius 1 is 1.56 bits per heavy atom. The van der Waals surface area contributed by atoms with Crippen LogP contribution in [0.1, 0.15) is 37.2 Å². The molecule has 1 unspecified atom stereocenters. The van der Waals surface area contributed by atoms with Crippen molar-refractivity contribution in [2.75, 3.05) is 19.6 Å². The first-order valence-corrected chi connectivity index (χ1v) is 6.24. The van der Waals surface area contributed by atoms with Gasteiger partial charge in [0.05, 0.1) is 17.4 Å². The maximum absolute atomic E-state index is 5.66. The third-order valence-electron chi connectivity index (χ3n) is 3.35. The zero-order valence-corrected chi connectivity index (χ0v) is 10.3. The van der Waals surface area contributed by atoms with Gasteiger partial charge in [-0.3, -0.25) is 9.58 Å². The molecule has 1 aliphatic rings. The average molecular weight is 222 g/mol. The highest BCUT2D eigenvalue weighted by molar-refractivity contribution is 5.14. The highest BCUT2D eigenvalue weighted by Crippen LogP contribution is 2.31. The molecule has 1 atom stereocenters. The van der Waals surface area contributed by atoms with Gasteiger partial charge in [-0.15, -0.1) is 0 Å². The summed E-state index contributed by atoms with van der Waals surface area (Å²) in [5.41, 5.74) is 8.15. The maximum Gasteiger partial charge on any atom is 0.0597 e. The lowest BCUT2D eigenvalue weighted by Crippen LogP contribution is -2.30. The van der Waals surface area contributed by atoms with Crippen molar-refractivity contribution in [3.63, 3.8) is 0 Å². The molecule has 2 rings (SSSR count). The second kappa shape index (κ2) is 4.97. The molecule has 1 saturated heterocycles. The van der Waals surface area contributed by atoms with Crippen LogP contribution in [-0.4, -0.2) is 34.3 Å². The molecule has 0 bridgehead atoms. The fourth-order valence-electron chi connectivity index (χ4n) is 2.68. The summed E-state index contributed by atoms with van der Waals surface area (Å²) in [6.07, 6.45) is 2.52. The number of aromatic nitrogens is 2. The molecule has 1 aromatic heterocycles. The van der Waals surface area contributed by atoms with E-state index in [2.05, 4.69) is 34.6 Å². The zero-order valence-electron chi connectivity index (χ0n) is 10.3. The lowest BCUT2D eigenvalue weighted by Gasteiger charge is -2.24. The number of hydrogen-bond acceptors (Lipinski definition) is 3. The molecule has 0 radical (unpaired) electrons. The highest BCUT2D eigenvalue weighted by atomic mass is 15.3. The molecule has 0 saturated carbocycles. The quantitative estimate of drug-likeness (QED) is 0.835. The Hall–Kier alpha value is -0.870. The summed E-state index contributed by atoms with van der Waals surface area (Å²) in [5, 5.41) is 4.53. The fraction of sp³-hybridized carbons (Fsp3) is 0.750. The first-order chi connectivity index (χ1) is 7.76. The molecule has 1 fully saturated rings. The minimum Gasteiger partial charge on any atom is -0.329 e. The Bertz CT molecular complexity index is 345.